The Bertz CT molecular complexity index is 886. The van der Waals surface area contributed by atoms with Crippen molar-refractivity contribution in [1.29, 1.82) is 5.26 Å². The number of allylic oxidation sites excluding steroid dienone is 1. The molecule has 0 saturated carbocycles. The molecule has 1 aliphatic heterocycles. The van der Waals surface area contributed by atoms with Gasteiger partial charge in [0.15, 0.2) is 18.1 Å². The molecule has 0 N–H and O–H groups in total. The molecule has 120 valence electrons. The lowest BCUT2D eigenvalue weighted by atomic mass is 10.1. The lowest BCUT2D eigenvalue weighted by Crippen LogP contribution is -1.98. The van der Waals surface area contributed by atoms with Gasteiger partial charge in [-0.1, -0.05) is 23.9 Å². The summed E-state index contributed by atoms with van der Waals surface area (Å²) in [6.45, 7) is -0.0704. The van der Waals surface area contributed by atoms with Crippen molar-refractivity contribution in [3.63, 3.8) is 0 Å². The van der Waals surface area contributed by atoms with Gasteiger partial charge in [0.2, 0.25) is 5.78 Å². The van der Waals surface area contributed by atoms with Gasteiger partial charge in [-0.25, -0.2) is 0 Å². The molecule has 0 atom stereocenters. The number of rotatable bonds is 4. The smallest absolute Gasteiger partial charge is 0.200 e. The number of nitriles is 1. The van der Waals surface area contributed by atoms with Crippen LogP contribution in [-0.4, -0.2) is 19.5 Å². The maximum atomic E-state index is 12.5. The van der Waals surface area contributed by atoms with Crippen molar-refractivity contribution in [3.05, 3.63) is 56.9 Å². The van der Waals surface area contributed by atoms with Gasteiger partial charge in [0, 0.05) is 10.5 Å². The van der Waals surface area contributed by atoms with Crippen LogP contribution in [0.5, 0.6) is 11.5 Å². The monoisotopic (exact) mass is 401 g/mol. The van der Waals surface area contributed by atoms with Gasteiger partial charge >= 0.3 is 0 Å². The van der Waals surface area contributed by atoms with Gasteiger partial charge in [0.05, 0.1) is 16.5 Å². The van der Waals surface area contributed by atoms with Crippen molar-refractivity contribution in [2.45, 2.75) is 4.90 Å². The normalized spacial score (nSPS) is 14.4. The van der Waals surface area contributed by atoms with Crippen LogP contribution in [0.4, 0.5) is 0 Å². The largest absolute Gasteiger partial charge is 0.493 e. The summed E-state index contributed by atoms with van der Waals surface area (Å²) in [5, 5.41) is 8.66. The number of nitrogens with zero attached hydrogens (tertiary/aromatic N) is 1. The Morgan fingerprint density at radius 3 is 2.83 bits per heavy atom. The second-order valence-corrected chi connectivity index (χ2v) is 6.85. The number of thioether (sulfide) groups is 1. The van der Waals surface area contributed by atoms with Crippen molar-refractivity contribution in [2.75, 3.05) is 13.7 Å². The average Bonchev–Trinajstić information content (AvgIpc) is 2.90. The third-order valence-electron chi connectivity index (χ3n) is 3.41. The van der Waals surface area contributed by atoms with Crippen molar-refractivity contribution in [2.24, 2.45) is 0 Å². The average molecular weight is 402 g/mol. The minimum Gasteiger partial charge on any atom is -0.493 e. The summed E-state index contributed by atoms with van der Waals surface area (Å²) in [6, 6.07) is 13.1. The fourth-order valence-corrected chi connectivity index (χ4v) is 3.98. The van der Waals surface area contributed by atoms with Gasteiger partial charge in [0.25, 0.3) is 0 Å². The molecule has 0 amide bonds. The Labute approximate surface area is 152 Å². The molecule has 0 bridgehead atoms. The van der Waals surface area contributed by atoms with Crippen molar-refractivity contribution in [3.8, 4) is 17.6 Å². The number of halogens is 1. The predicted octanol–water partition coefficient (Wildman–Crippen LogP) is 4.69. The molecule has 24 heavy (non-hydrogen) atoms. The quantitative estimate of drug-likeness (QED) is 0.695. The molecule has 0 unspecified atom stereocenters. The number of hydrogen-bond donors (Lipinski definition) is 0. The second kappa shape index (κ2) is 7.12. The van der Waals surface area contributed by atoms with Gasteiger partial charge < -0.3 is 9.47 Å². The van der Waals surface area contributed by atoms with Crippen LogP contribution < -0.4 is 9.47 Å². The fraction of sp³-hybridized carbons (Fsp3) is 0.111. The maximum Gasteiger partial charge on any atom is 0.200 e. The Kier molecular flexibility index (Phi) is 4.93. The summed E-state index contributed by atoms with van der Waals surface area (Å²) >= 11 is 4.88. The minimum atomic E-state index is -0.0704. The molecular weight excluding hydrogens is 390 g/mol. The number of benzene rings is 2. The highest BCUT2D eigenvalue weighted by molar-refractivity contribution is 9.10. The summed E-state index contributed by atoms with van der Waals surface area (Å²) in [7, 11) is 1.53. The van der Waals surface area contributed by atoms with E-state index in [1.807, 2.05) is 42.5 Å². The molecule has 6 heteroatoms. The third kappa shape index (κ3) is 3.18. The van der Waals surface area contributed by atoms with Gasteiger partial charge in [-0.15, -0.1) is 0 Å². The standard InChI is InChI=1S/C18H12BrNO3S/c1-22-14-9-11(8-13(19)18(14)23-7-6-20)10-16-17(21)12-4-2-3-5-15(12)24-16/h2-5,8-10H,7H2,1H3/b16-10+. The summed E-state index contributed by atoms with van der Waals surface area (Å²) < 4.78 is 11.4. The van der Waals surface area contributed by atoms with E-state index in [1.54, 1.807) is 6.07 Å². The number of carbonyl (C=O) groups is 1. The fourth-order valence-electron chi connectivity index (χ4n) is 2.35. The Morgan fingerprint density at radius 1 is 1.33 bits per heavy atom. The zero-order valence-electron chi connectivity index (χ0n) is 12.7. The molecule has 4 nitrogen and oxygen atoms in total. The first-order valence-corrected chi connectivity index (χ1v) is 8.65. The van der Waals surface area contributed by atoms with Crippen LogP contribution in [0, 0.1) is 11.3 Å². The van der Waals surface area contributed by atoms with E-state index in [1.165, 1.54) is 18.9 Å². The van der Waals surface area contributed by atoms with Crippen LogP contribution in [-0.2, 0) is 0 Å². The van der Waals surface area contributed by atoms with Gasteiger partial charge in [-0.05, 0) is 51.8 Å². The minimum absolute atomic E-state index is 0.0236. The molecule has 0 aliphatic carbocycles. The van der Waals surface area contributed by atoms with E-state index in [0.29, 0.717) is 20.9 Å². The third-order valence-corrected chi connectivity index (χ3v) is 5.09. The molecule has 1 aliphatic rings. The molecule has 0 fully saturated rings. The zero-order chi connectivity index (χ0) is 17.1. The Balaban J connectivity index is 1.96. The van der Waals surface area contributed by atoms with E-state index in [9.17, 15) is 4.79 Å². The second-order valence-electron chi connectivity index (χ2n) is 4.92. The van der Waals surface area contributed by atoms with Gasteiger partial charge in [0.1, 0.15) is 6.07 Å². The van der Waals surface area contributed by atoms with E-state index in [4.69, 9.17) is 14.7 Å². The SMILES string of the molecule is COc1cc(/C=C2/Sc3ccccc3C2=O)cc(Br)c1OCC#N. The molecule has 2 aromatic carbocycles. The summed E-state index contributed by atoms with van der Waals surface area (Å²) in [6.07, 6.45) is 1.83. The first-order valence-electron chi connectivity index (χ1n) is 7.04. The molecule has 0 aromatic heterocycles. The van der Waals surface area contributed by atoms with Crippen molar-refractivity contribution >= 4 is 39.6 Å². The van der Waals surface area contributed by atoms with Crippen LogP contribution in [0.15, 0.2) is 50.7 Å². The van der Waals surface area contributed by atoms with Gasteiger partial charge in [-0.3, -0.25) is 4.79 Å². The maximum absolute atomic E-state index is 12.5. The number of carbonyl (C=O) groups excluding carboxylic acids is 1. The first-order chi connectivity index (χ1) is 11.6. The number of ether oxygens (including phenoxy) is 2. The Morgan fingerprint density at radius 2 is 2.12 bits per heavy atom. The topological polar surface area (TPSA) is 59.3 Å². The van der Waals surface area contributed by atoms with Crippen molar-refractivity contribution < 1.29 is 14.3 Å². The molecular formula is C18H12BrNO3S. The highest BCUT2D eigenvalue weighted by atomic mass is 79.9. The highest BCUT2D eigenvalue weighted by Crippen LogP contribution is 2.42. The van der Waals surface area contributed by atoms with E-state index in [2.05, 4.69) is 15.9 Å². The number of ketones is 1. The number of hydrogen-bond acceptors (Lipinski definition) is 5. The summed E-state index contributed by atoms with van der Waals surface area (Å²) in [4.78, 5) is 14.1. The van der Waals surface area contributed by atoms with Crippen LogP contribution in [0.3, 0.4) is 0 Å². The number of fused-ring (bicyclic) bond motifs is 1. The van der Waals surface area contributed by atoms with Gasteiger partial charge in [-0.2, -0.15) is 5.26 Å². The Hall–Kier alpha value is -2.23. The number of Topliss-reactive ketones (excluding diaryl/α,β-unsaturated/α-hetero) is 1. The van der Waals surface area contributed by atoms with E-state index < -0.39 is 0 Å². The molecule has 3 rings (SSSR count). The lowest BCUT2D eigenvalue weighted by molar-refractivity contribution is 0.104. The number of methoxy groups -OCH3 is 1. The van der Waals surface area contributed by atoms with Crippen LogP contribution in [0.1, 0.15) is 15.9 Å². The predicted molar refractivity (Wildman–Crippen MR) is 96.4 cm³/mol. The highest BCUT2D eigenvalue weighted by Gasteiger charge is 2.25. The van der Waals surface area contributed by atoms with E-state index in [-0.39, 0.29) is 12.4 Å². The molecule has 2 aromatic rings. The molecule has 1 heterocycles. The van der Waals surface area contributed by atoms with Crippen LogP contribution in [0.2, 0.25) is 0 Å². The van der Waals surface area contributed by atoms with Crippen LogP contribution >= 0.6 is 27.7 Å². The zero-order valence-corrected chi connectivity index (χ0v) is 15.1. The van der Waals surface area contributed by atoms with Crippen LogP contribution in [0.25, 0.3) is 6.08 Å². The van der Waals surface area contributed by atoms with E-state index >= 15 is 0 Å². The summed E-state index contributed by atoms with van der Waals surface area (Å²) in [5.74, 6) is 0.991. The van der Waals surface area contributed by atoms with E-state index in [0.717, 1.165) is 16.0 Å². The van der Waals surface area contributed by atoms with Crippen molar-refractivity contribution in [1.82, 2.24) is 0 Å². The first kappa shape index (κ1) is 16.6. The lowest BCUT2D eigenvalue weighted by Gasteiger charge is -2.11. The molecule has 0 radical (unpaired) electrons. The summed E-state index contributed by atoms with van der Waals surface area (Å²) in [5.41, 5.74) is 1.54. The molecule has 0 spiro atoms. The molecule has 0 saturated heterocycles.